The third-order valence-electron chi connectivity index (χ3n) is 2.95. The van der Waals surface area contributed by atoms with Crippen LogP contribution in [0.1, 0.15) is 30.1 Å². The SMILES string of the molecule is CC(CCC(=O)O)NC(=O)c1coc2ccc(Br)cc12. The molecule has 106 valence electrons. The summed E-state index contributed by atoms with van der Waals surface area (Å²) in [6.07, 6.45) is 1.83. The summed E-state index contributed by atoms with van der Waals surface area (Å²) in [6, 6.07) is 5.22. The minimum absolute atomic E-state index is 0.0269. The van der Waals surface area contributed by atoms with Gasteiger partial charge in [0.25, 0.3) is 5.91 Å². The number of aliphatic carboxylic acids is 1. The molecule has 0 fully saturated rings. The molecule has 0 bridgehead atoms. The maximum atomic E-state index is 12.2. The summed E-state index contributed by atoms with van der Waals surface area (Å²) < 4.78 is 6.19. The van der Waals surface area contributed by atoms with Crippen molar-refractivity contribution in [3.63, 3.8) is 0 Å². The number of furan rings is 1. The summed E-state index contributed by atoms with van der Waals surface area (Å²) in [5.74, 6) is -1.14. The predicted molar refractivity (Wildman–Crippen MR) is 77.7 cm³/mol. The van der Waals surface area contributed by atoms with E-state index in [9.17, 15) is 9.59 Å². The molecular formula is C14H14BrNO4. The summed E-state index contributed by atoms with van der Waals surface area (Å²) in [5, 5.41) is 12.1. The first-order valence-corrected chi connectivity index (χ1v) is 6.96. The number of benzene rings is 1. The van der Waals surface area contributed by atoms with E-state index >= 15 is 0 Å². The molecule has 0 spiro atoms. The molecule has 20 heavy (non-hydrogen) atoms. The largest absolute Gasteiger partial charge is 0.481 e. The number of carboxylic acids is 1. The third-order valence-corrected chi connectivity index (χ3v) is 3.44. The van der Waals surface area contributed by atoms with Gasteiger partial charge in [-0.15, -0.1) is 0 Å². The van der Waals surface area contributed by atoms with E-state index in [0.717, 1.165) is 9.86 Å². The number of rotatable bonds is 5. The Morgan fingerprint density at radius 1 is 1.45 bits per heavy atom. The van der Waals surface area contributed by atoms with Gasteiger partial charge >= 0.3 is 5.97 Å². The van der Waals surface area contributed by atoms with Crippen LogP contribution in [0.3, 0.4) is 0 Å². The molecule has 0 saturated carbocycles. The van der Waals surface area contributed by atoms with Gasteiger partial charge in [-0.05, 0) is 31.5 Å². The number of amides is 1. The summed E-state index contributed by atoms with van der Waals surface area (Å²) >= 11 is 3.35. The van der Waals surface area contributed by atoms with Crippen LogP contribution in [0, 0.1) is 0 Å². The highest BCUT2D eigenvalue weighted by atomic mass is 79.9. The Kier molecular flexibility index (Phi) is 4.44. The zero-order chi connectivity index (χ0) is 14.7. The van der Waals surface area contributed by atoms with Crippen LogP contribution < -0.4 is 5.32 Å². The van der Waals surface area contributed by atoms with E-state index < -0.39 is 5.97 Å². The number of halogens is 1. The first-order valence-electron chi connectivity index (χ1n) is 6.17. The zero-order valence-corrected chi connectivity index (χ0v) is 12.4. The average Bonchev–Trinajstić information content (AvgIpc) is 2.79. The molecule has 0 saturated heterocycles. The lowest BCUT2D eigenvalue weighted by Gasteiger charge is -2.11. The second-order valence-electron chi connectivity index (χ2n) is 4.60. The smallest absolute Gasteiger partial charge is 0.303 e. The molecule has 6 heteroatoms. The molecule has 0 radical (unpaired) electrons. The van der Waals surface area contributed by atoms with Gasteiger partial charge in [0.1, 0.15) is 11.8 Å². The van der Waals surface area contributed by atoms with E-state index in [-0.39, 0.29) is 18.4 Å². The van der Waals surface area contributed by atoms with Crippen molar-refractivity contribution in [1.29, 1.82) is 0 Å². The fraction of sp³-hybridized carbons (Fsp3) is 0.286. The average molecular weight is 340 g/mol. The predicted octanol–water partition coefficient (Wildman–Crippen LogP) is 3.18. The maximum Gasteiger partial charge on any atom is 0.303 e. The molecule has 2 N–H and O–H groups in total. The van der Waals surface area contributed by atoms with Gasteiger partial charge in [0.05, 0.1) is 5.56 Å². The van der Waals surface area contributed by atoms with E-state index in [1.807, 2.05) is 12.1 Å². The summed E-state index contributed by atoms with van der Waals surface area (Å²) in [4.78, 5) is 22.6. The van der Waals surface area contributed by atoms with Crippen LogP contribution in [0.4, 0.5) is 0 Å². The Bertz CT molecular complexity index is 650. The number of carbonyl (C=O) groups excluding carboxylic acids is 1. The number of hydrogen-bond acceptors (Lipinski definition) is 3. The number of carboxylic acid groups (broad SMARTS) is 1. The third kappa shape index (κ3) is 3.39. The number of carbonyl (C=O) groups is 2. The normalized spacial score (nSPS) is 12.3. The van der Waals surface area contributed by atoms with Crippen molar-refractivity contribution in [2.24, 2.45) is 0 Å². The quantitative estimate of drug-likeness (QED) is 0.876. The van der Waals surface area contributed by atoms with Crippen LogP contribution in [0.2, 0.25) is 0 Å². The van der Waals surface area contributed by atoms with Crippen LogP contribution in [-0.4, -0.2) is 23.0 Å². The fourth-order valence-corrected chi connectivity index (χ4v) is 2.25. The minimum Gasteiger partial charge on any atom is -0.481 e. The Morgan fingerprint density at radius 3 is 2.90 bits per heavy atom. The number of nitrogens with one attached hydrogen (secondary N) is 1. The van der Waals surface area contributed by atoms with E-state index in [4.69, 9.17) is 9.52 Å². The number of hydrogen-bond donors (Lipinski definition) is 2. The van der Waals surface area contributed by atoms with Gasteiger partial charge in [-0.3, -0.25) is 9.59 Å². The second-order valence-corrected chi connectivity index (χ2v) is 5.51. The first kappa shape index (κ1) is 14.6. The topological polar surface area (TPSA) is 79.5 Å². The zero-order valence-electron chi connectivity index (χ0n) is 10.9. The molecule has 0 aliphatic heterocycles. The van der Waals surface area contributed by atoms with E-state index in [1.165, 1.54) is 6.26 Å². The van der Waals surface area contributed by atoms with Crippen molar-refractivity contribution >= 4 is 38.8 Å². The van der Waals surface area contributed by atoms with Crippen molar-refractivity contribution in [3.8, 4) is 0 Å². The van der Waals surface area contributed by atoms with Crippen molar-refractivity contribution in [2.75, 3.05) is 0 Å². The van der Waals surface area contributed by atoms with Crippen molar-refractivity contribution in [1.82, 2.24) is 5.32 Å². The van der Waals surface area contributed by atoms with Crippen molar-refractivity contribution in [2.45, 2.75) is 25.8 Å². The lowest BCUT2D eigenvalue weighted by molar-refractivity contribution is -0.137. The van der Waals surface area contributed by atoms with Crippen LogP contribution >= 0.6 is 15.9 Å². The lowest BCUT2D eigenvalue weighted by atomic mass is 10.1. The molecule has 0 aliphatic rings. The minimum atomic E-state index is -0.871. The Balaban J connectivity index is 2.11. The summed E-state index contributed by atoms with van der Waals surface area (Å²) in [6.45, 7) is 1.78. The molecule has 5 nitrogen and oxygen atoms in total. The van der Waals surface area contributed by atoms with Gasteiger partial charge in [0.2, 0.25) is 0 Å². The standard InChI is InChI=1S/C14H14BrNO4/c1-8(2-5-13(17)18)16-14(19)11-7-20-12-4-3-9(15)6-10(11)12/h3-4,6-8H,2,5H2,1H3,(H,16,19)(H,17,18). The van der Waals surface area contributed by atoms with Crippen LogP contribution in [-0.2, 0) is 4.79 Å². The second kappa shape index (κ2) is 6.09. The van der Waals surface area contributed by atoms with E-state index in [0.29, 0.717) is 17.6 Å². The van der Waals surface area contributed by atoms with E-state index in [1.54, 1.807) is 13.0 Å². The molecular weight excluding hydrogens is 326 g/mol. The molecule has 2 aromatic rings. The van der Waals surface area contributed by atoms with Gasteiger partial charge in [0, 0.05) is 22.3 Å². The molecule has 1 aromatic carbocycles. The summed E-state index contributed by atoms with van der Waals surface area (Å²) in [7, 11) is 0. The van der Waals surface area contributed by atoms with Crippen molar-refractivity contribution < 1.29 is 19.1 Å². The highest BCUT2D eigenvalue weighted by Gasteiger charge is 2.16. The van der Waals surface area contributed by atoms with Gasteiger partial charge < -0.3 is 14.8 Å². The van der Waals surface area contributed by atoms with Crippen LogP contribution in [0.25, 0.3) is 11.0 Å². The summed E-state index contributed by atoms with van der Waals surface area (Å²) in [5.41, 5.74) is 1.08. The highest BCUT2D eigenvalue weighted by molar-refractivity contribution is 9.10. The Hall–Kier alpha value is -1.82. The maximum absolute atomic E-state index is 12.2. The fourth-order valence-electron chi connectivity index (χ4n) is 1.89. The van der Waals surface area contributed by atoms with Crippen molar-refractivity contribution in [3.05, 3.63) is 34.5 Å². The van der Waals surface area contributed by atoms with Crippen LogP contribution in [0.15, 0.2) is 33.4 Å². The highest BCUT2D eigenvalue weighted by Crippen LogP contribution is 2.25. The molecule has 1 unspecified atom stereocenters. The molecule has 0 aliphatic carbocycles. The molecule has 1 heterocycles. The molecule has 1 aromatic heterocycles. The van der Waals surface area contributed by atoms with Gasteiger partial charge in [-0.25, -0.2) is 0 Å². The Labute approximate surface area is 124 Å². The molecule has 1 atom stereocenters. The number of fused-ring (bicyclic) bond motifs is 1. The molecule has 2 rings (SSSR count). The molecule has 1 amide bonds. The first-order chi connectivity index (χ1) is 9.47. The Morgan fingerprint density at radius 2 is 2.20 bits per heavy atom. The van der Waals surface area contributed by atoms with E-state index in [2.05, 4.69) is 21.2 Å². The monoisotopic (exact) mass is 339 g/mol. The lowest BCUT2D eigenvalue weighted by Crippen LogP contribution is -2.32. The van der Waals surface area contributed by atoms with Gasteiger partial charge in [0.15, 0.2) is 0 Å². The van der Waals surface area contributed by atoms with Gasteiger partial charge in [-0.2, -0.15) is 0 Å². The van der Waals surface area contributed by atoms with Crippen LogP contribution in [0.5, 0.6) is 0 Å². The van der Waals surface area contributed by atoms with Gasteiger partial charge in [-0.1, -0.05) is 15.9 Å².